The average molecular weight is 348 g/mol. The van der Waals surface area contributed by atoms with Crippen molar-refractivity contribution in [2.45, 2.75) is 13.0 Å². The van der Waals surface area contributed by atoms with Crippen LogP contribution in [0.15, 0.2) is 60.4 Å². The first-order valence-corrected chi connectivity index (χ1v) is 8.78. The molecule has 0 bridgehead atoms. The largest absolute Gasteiger partial charge is 0.345 e. The minimum absolute atomic E-state index is 0.0771. The number of rotatable bonds is 4. The summed E-state index contributed by atoms with van der Waals surface area (Å²) in [5, 5.41) is 5.97. The van der Waals surface area contributed by atoms with Gasteiger partial charge in [-0.25, -0.2) is 9.97 Å². The lowest BCUT2D eigenvalue weighted by Gasteiger charge is -2.19. The van der Waals surface area contributed by atoms with Crippen LogP contribution in [-0.2, 0) is 4.79 Å². The predicted octanol–water partition coefficient (Wildman–Crippen LogP) is 3.91. The monoisotopic (exact) mass is 348 g/mol. The Labute approximate surface area is 148 Å². The van der Waals surface area contributed by atoms with Crippen molar-refractivity contribution in [3.8, 4) is 10.6 Å². The summed E-state index contributed by atoms with van der Waals surface area (Å²) in [7, 11) is 0. The molecule has 0 fully saturated rings. The number of nitrogens with one attached hydrogen (secondary N) is 2. The average Bonchev–Trinajstić information content (AvgIpc) is 3.30. The Bertz CT molecular complexity index is 1020. The number of aromatic amines is 1. The zero-order valence-corrected chi connectivity index (χ0v) is 14.4. The number of carbonyl (C=O) groups excluding carboxylic acids is 1. The molecule has 1 amide bonds. The normalized spacial score (nSPS) is 12.2. The highest BCUT2D eigenvalue weighted by Crippen LogP contribution is 2.29. The van der Waals surface area contributed by atoms with Gasteiger partial charge in [-0.3, -0.25) is 4.79 Å². The maximum Gasteiger partial charge on any atom is 0.217 e. The molecule has 4 rings (SSSR count). The van der Waals surface area contributed by atoms with E-state index in [1.54, 1.807) is 23.9 Å². The summed E-state index contributed by atoms with van der Waals surface area (Å²) in [4.78, 5) is 23.6. The van der Waals surface area contributed by atoms with Gasteiger partial charge in [0.1, 0.15) is 5.01 Å². The van der Waals surface area contributed by atoms with Gasteiger partial charge in [-0.1, -0.05) is 24.3 Å². The first-order chi connectivity index (χ1) is 12.2. The number of carbonyl (C=O) groups is 1. The molecule has 4 aromatic rings. The molecular formula is C19H16N4OS. The summed E-state index contributed by atoms with van der Waals surface area (Å²) < 4.78 is 0. The van der Waals surface area contributed by atoms with Gasteiger partial charge in [0.25, 0.3) is 0 Å². The molecule has 0 aliphatic heterocycles. The third kappa shape index (κ3) is 3.16. The number of imidazole rings is 1. The van der Waals surface area contributed by atoms with Crippen molar-refractivity contribution in [2.75, 3.05) is 0 Å². The van der Waals surface area contributed by atoms with Crippen LogP contribution in [-0.4, -0.2) is 20.9 Å². The minimum atomic E-state index is -0.237. The van der Waals surface area contributed by atoms with Crippen molar-refractivity contribution in [3.05, 3.63) is 71.5 Å². The molecule has 0 saturated heterocycles. The van der Waals surface area contributed by atoms with E-state index >= 15 is 0 Å². The topological polar surface area (TPSA) is 70.7 Å². The Balaban J connectivity index is 1.78. The van der Waals surface area contributed by atoms with Crippen LogP contribution in [0, 0.1) is 0 Å². The molecule has 0 aliphatic rings. The number of hydrogen-bond acceptors (Lipinski definition) is 4. The lowest BCUT2D eigenvalue weighted by atomic mass is 9.96. The van der Waals surface area contributed by atoms with E-state index in [1.165, 1.54) is 6.92 Å². The van der Waals surface area contributed by atoms with E-state index in [0.717, 1.165) is 32.7 Å². The zero-order valence-electron chi connectivity index (χ0n) is 13.6. The Morgan fingerprint density at radius 1 is 1.16 bits per heavy atom. The van der Waals surface area contributed by atoms with Gasteiger partial charge in [-0.05, 0) is 29.3 Å². The molecule has 6 heteroatoms. The van der Waals surface area contributed by atoms with Crippen molar-refractivity contribution >= 4 is 28.3 Å². The highest BCUT2D eigenvalue weighted by Gasteiger charge is 2.17. The van der Waals surface area contributed by atoms with Gasteiger partial charge < -0.3 is 10.3 Å². The minimum Gasteiger partial charge on any atom is -0.345 e. The quantitative estimate of drug-likeness (QED) is 0.587. The Morgan fingerprint density at radius 3 is 2.84 bits per heavy atom. The highest BCUT2D eigenvalue weighted by molar-refractivity contribution is 7.13. The summed E-state index contributed by atoms with van der Waals surface area (Å²) in [6, 6.07) is 13.9. The van der Waals surface area contributed by atoms with Crippen LogP contribution >= 0.6 is 11.3 Å². The predicted molar refractivity (Wildman–Crippen MR) is 99.3 cm³/mol. The van der Waals surface area contributed by atoms with Crippen molar-refractivity contribution in [2.24, 2.45) is 0 Å². The van der Waals surface area contributed by atoms with Crippen LogP contribution in [0.25, 0.3) is 21.6 Å². The molecule has 1 unspecified atom stereocenters. The van der Waals surface area contributed by atoms with Crippen molar-refractivity contribution in [1.82, 2.24) is 20.3 Å². The third-order valence-corrected chi connectivity index (χ3v) is 4.85. The standard InChI is InChI=1S/C19H16N4OS/c1-12(24)23-18(14-5-6-16-17(10-14)22-11-21-16)13-3-2-4-15(9-13)19-20-7-8-25-19/h2-11,18H,1H3,(H,21,22)(H,23,24). The summed E-state index contributed by atoms with van der Waals surface area (Å²) in [5.41, 5.74) is 4.90. The van der Waals surface area contributed by atoms with Crippen LogP contribution in [0.1, 0.15) is 24.1 Å². The van der Waals surface area contributed by atoms with Crippen LogP contribution in [0.2, 0.25) is 0 Å². The molecule has 2 aromatic heterocycles. The summed E-state index contributed by atoms with van der Waals surface area (Å²) in [5.74, 6) is -0.0771. The van der Waals surface area contributed by atoms with E-state index in [4.69, 9.17) is 0 Å². The number of thiazole rings is 1. The number of fused-ring (bicyclic) bond motifs is 1. The number of nitrogens with zero attached hydrogens (tertiary/aromatic N) is 2. The fraction of sp³-hybridized carbons (Fsp3) is 0.105. The van der Waals surface area contributed by atoms with Crippen LogP contribution < -0.4 is 5.32 Å². The third-order valence-electron chi connectivity index (χ3n) is 4.03. The Morgan fingerprint density at radius 2 is 2.04 bits per heavy atom. The first kappa shape index (κ1) is 15.5. The number of aromatic nitrogens is 3. The molecule has 2 aromatic carbocycles. The molecule has 2 heterocycles. The second kappa shape index (κ2) is 6.49. The summed E-state index contributed by atoms with van der Waals surface area (Å²) >= 11 is 1.60. The maximum absolute atomic E-state index is 11.8. The van der Waals surface area contributed by atoms with Crippen molar-refractivity contribution < 1.29 is 4.79 Å². The molecular weight excluding hydrogens is 332 g/mol. The molecule has 0 spiro atoms. The second-order valence-corrected chi connectivity index (χ2v) is 6.67. The van der Waals surface area contributed by atoms with Gasteiger partial charge in [-0.15, -0.1) is 11.3 Å². The number of amides is 1. The SMILES string of the molecule is CC(=O)NC(c1cccc(-c2nccs2)c1)c1ccc2[nH]cnc2c1. The molecule has 2 N–H and O–H groups in total. The smallest absolute Gasteiger partial charge is 0.217 e. The van der Waals surface area contributed by atoms with Gasteiger partial charge in [-0.2, -0.15) is 0 Å². The lowest BCUT2D eigenvalue weighted by Crippen LogP contribution is -2.26. The van der Waals surface area contributed by atoms with E-state index in [9.17, 15) is 4.79 Å². The van der Waals surface area contributed by atoms with E-state index in [0.29, 0.717) is 0 Å². The fourth-order valence-electron chi connectivity index (χ4n) is 2.91. The molecule has 0 radical (unpaired) electrons. The van der Waals surface area contributed by atoms with Gasteiger partial charge >= 0.3 is 0 Å². The van der Waals surface area contributed by atoms with E-state index < -0.39 is 0 Å². The lowest BCUT2D eigenvalue weighted by molar-refractivity contribution is -0.119. The molecule has 25 heavy (non-hydrogen) atoms. The number of H-pyrrole nitrogens is 1. The molecule has 124 valence electrons. The van der Waals surface area contributed by atoms with Gasteiger partial charge in [0, 0.05) is 24.1 Å². The number of hydrogen-bond donors (Lipinski definition) is 2. The van der Waals surface area contributed by atoms with Gasteiger partial charge in [0.15, 0.2) is 0 Å². The van der Waals surface area contributed by atoms with Gasteiger partial charge in [0.2, 0.25) is 5.91 Å². The second-order valence-electron chi connectivity index (χ2n) is 5.78. The highest BCUT2D eigenvalue weighted by atomic mass is 32.1. The Kier molecular flexibility index (Phi) is 4.03. The van der Waals surface area contributed by atoms with Gasteiger partial charge in [0.05, 0.1) is 23.4 Å². The van der Waals surface area contributed by atoms with Crippen LogP contribution in [0.4, 0.5) is 0 Å². The first-order valence-electron chi connectivity index (χ1n) is 7.90. The fourth-order valence-corrected chi connectivity index (χ4v) is 3.54. The van der Waals surface area contributed by atoms with Crippen molar-refractivity contribution in [1.29, 1.82) is 0 Å². The molecule has 0 saturated carbocycles. The van der Waals surface area contributed by atoms with E-state index in [-0.39, 0.29) is 11.9 Å². The molecule has 0 aliphatic carbocycles. The molecule has 1 atom stereocenters. The summed E-state index contributed by atoms with van der Waals surface area (Å²) in [6.07, 6.45) is 3.47. The zero-order chi connectivity index (χ0) is 17.2. The van der Waals surface area contributed by atoms with Crippen LogP contribution in [0.5, 0.6) is 0 Å². The Hall–Kier alpha value is -2.99. The van der Waals surface area contributed by atoms with Crippen molar-refractivity contribution in [3.63, 3.8) is 0 Å². The summed E-state index contributed by atoms with van der Waals surface area (Å²) in [6.45, 7) is 1.53. The van der Waals surface area contributed by atoms with Crippen LogP contribution in [0.3, 0.4) is 0 Å². The maximum atomic E-state index is 11.8. The number of benzene rings is 2. The van der Waals surface area contributed by atoms with E-state index in [1.807, 2.05) is 41.8 Å². The molecule has 5 nitrogen and oxygen atoms in total. The van der Waals surface area contributed by atoms with E-state index in [2.05, 4.69) is 26.3 Å².